The molecule has 0 bridgehead atoms. The number of rotatable bonds is 13. The number of carbonyl (C=O) groups excluding carboxylic acids is 1. The second-order valence-corrected chi connectivity index (χ2v) is 34.4. The molecule has 0 spiro atoms. The molecule has 1 aromatic carbocycles. The van der Waals surface area contributed by atoms with Gasteiger partial charge in [0.25, 0.3) is 0 Å². The summed E-state index contributed by atoms with van der Waals surface area (Å²) in [6.45, 7) is 23.3. The SMILES string of the molecule is C1CCC([PH+](C2CCCCC2)C2CCCCC2)CC1.C=C[C@H]1C[C@@H]1C[C@@H](C)OC(=O)C#CCC(/C=C/C=C/C)O[Si](C)(C)C(C)(C)C.CN1[CH-]N(C)CC1.[Cl][Ru]([Cl])=[CH]c1ccccc1. The summed E-state index contributed by atoms with van der Waals surface area (Å²) in [6.07, 6.45) is 36.0. The molecule has 4 aliphatic carbocycles. The Kier molecular flexibility index (Phi) is 28.0. The van der Waals surface area contributed by atoms with Crippen molar-refractivity contribution >= 4 is 46.2 Å². The van der Waals surface area contributed by atoms with Crippen LogP contribution in [0.2, 0.25) is 18.1 Å². The zero-order chi connectivity index (χ0) is 47.0. The minimum absolute atomic E-state index is 0.0465. The van der Waals surface area contributed by atoms with Crippen LogP contribution in [0.5, 0.6) is 0 Å². The van der Waals surface area contributed by atoms with Gasteiger partial charge in [0.05, 0.1) is 23.1 Å². The first-order valence-corrected chi connectivity index (χ1v) is 34.9. The number of carbonyl (C=O) groups is 1. The quantitative estimate of drug-likeness (QED) is 0.0288. The Balaban J connectivity index is 0.000000256. The molecule has 364 valence electrons. The molecule has 1 unspecified atom stereocenters. The van der Waals surface area contributed by atoms with Gasteiger partial charge in [-0.3, -0.25) is 0 Å². The van der Waals surface area contributed by atoms with Crippen LogP contribution in [0.25, 0.3) is 0 Å². The number of nitrogens with zero attached hydrogens (tertiary/aromatic N) is 2. The zero-order valence-electron chi connectivity index (χ0n) is 41.5. The molecule has 10 heteroatoms. The number of hydrogen-bond donors (Lipinski definition) is 0. The Morgan fingerprint density at radius 1 is 0.906 bits per heavy atom. The number of ether oxygens (including phenoxy) is 1. The summed E-state index contributed by atoms with van der Waals surface area (Å²) in [7, 11) is 13.5. The molecule has 0 amide bonds. The second-order valence-electron chi connectivity index (χ2n) is 20.5. The molecule has 1 heterocycles. The van der Waals surface area contributed by atoms with Crippen LogP contribution in [0.1, 0.15) is 156 Å². The number of hydrogen-bond acceptors (Lipinski definition) is 5. The van der Waals surface area contributed by atoms with E-state index in [2.05, 4.69) is 82.8 Å². The molecule has 1 saturated heterocycles. The van der Waals surface area contributed by atoms with Gasteiger partial charge in [-0.2, -0.15) is 0 Å². The number of halogens is 2. The molecule has 1 aromatic rings. The third kappa shape index (κ3) is 23.4. The van der Waals surface area contributed by atoms with Gasteiger partial charge in [-0.25, -0.2) is 11.5 Å². The minimum atomic E-state index is -1.92. The summed E-state index contributed by atoms with van der Waals surface area (Å²) in [5.74, 6) is 6.33. The van der Waals surface area contributed by atoms with Crippen LogP contribution in [0.3, 0.4) is 0 Å². The van der Waals surface area contributed by atoms with Crippen molar-refractivity contribution in [3.63, 3.8) is 0 Å². The molecule has 0 N–H and O–H groups in total. The average Bonchev–Trinajstić information content (AvgIpc) is 3.90. The van der Waals surface area contributed by atoms with Crippen LogP contribution >= 0.6 is 27.3 Å². The van der Waals surface area contributed by atoms with Gasteiger partial charge < -0.3 is 19.0 Å². The molecule has 4 atom stereocenters. The van der Waals surface area contributed by atoms with E-state index < -0.39 is 27.8 Å². The van der Waals surface area contributed by atoms with Crippen molar-refractivity contribution in [2.24, 2.45) is 11.8 Å². The van der Waals surface area contributed by atoms with Crippen molar-refractivity contribution in [3.8, 4) is 11.8 Å². The van der Waals surface area contributed by atoms with Crippen LogP contribution in [0, 0.1) is 30.3 Å². The Bertz CT molecular complexity index is 1570. The number of allylic oxidation sites excluding steroid dienone is 4. The Labute approximate surface area is 408 Å². The average molecular weight is 1050 g/mol. The van der Waals surface area contributed by atoms with Crippen molar-refractivity contribution in [3.05, 3.63) is 79.5 Å². The molecule has 5 nitrogen and oxygen atoms in total. The van der Waals surface area contributed by atoms with Crippen molar-refractivity contribution in [2.45, 2.75) is 198 Å². The molecular weight excluding hydrogens is 956 g/mol. The predicted octanol–water partition coefficient (Wildman–Crippen LogP) is 15.0. The molecular formula is C54H89Cl2N2O3PRuSi. The van der Waals surface area contributed by atoms with Crippen LogP contribution in [-0.2, 0) is 27.5 Å². The Morgan fingerprint density at radius 3 is 1.83 bits per heavy atom. The van der Waals surface area contributed by atoms with Crippen molar-refractivity contribution in [1.82, 2.24) is 9.80 Å². The number of likely N-dealkylation sites (N-methyl/N-ethyl adjacent to an activating group) is 2. The van der Waals surface area contributed by atoms with Gasteiger partial charge in [0, 0.05) is 20.3 Å². The van der Waals surface area contributed by atoms with Crippen molar-refractivity contribution < 1.29 is 27.5 Å². The van der Waals surface area contributed by atoms with Crippen molar-refractivity contribution in [2.75, 3.05) is 27.2 Å². The number of benzene rings is 1. The van der Waals surface area contributed by atoms with Gasteiger partial charge in [0.15, 0.2) is 8.32 Å². The first-order chi connectivity index (χ1) is 30.5. The van der Waals surface area contributed by atoms with Crippen molar-refractivity contribution in [1.29, 1.82) is 0 Å². The van der Waals surface area contributed by atoms with E-state index in [0.29, 0.717) is 18.3 Å². The fourth-order valence-corrected chi connectivity index (χ4v) is 17.8. The van der Waals surface area contributed by atoms with E-state index in [0.717, 1.165) is 18.4 Å². The third-order valence-corrected chi connectivity index (χ3v) is 25.0. The molecule has 1 aliphatic heterocycles. The normalized spacial score (nSPS) is 22.7. The van der Waals surface area contributed by atoms with Gasteiger partial charge in [0.1, 0.15) is 6.10 Å². The summed E-state index contributed by atoms with van der Waals surface area (Å²) in [4.78, 5) is 16.4. The molecule has 5 fully saturated rings. The maximum absolute atomic E-state index is 12.0. The van der Waals surface area contributed by atoms with E-state index in [1.807, 2.05) is 79.2 Å². The van der Waals surface area contributed by atoms with Gasteiger partial charge >= 0.3 is 79.4 Å². The molecule has 0 radical (unpaired) electrons. The van der Waals surface area contributed by atoms with Gasteiger partial charge in [-0.15, -0.1) is 6.58 Å². The third-order valence-electron chi connectivity index (χ3n) is 14.0. The first-order valence-electron chi connectivity index (χ1n) is 24.8. The monoisotopic (exact) mass is 1040 g/mol. The van der Waals surface area contributed by atoms with Gasteiger partial charge in [-0.05, 0) is 161 Å². The Hall–Kier alpha value is -0.930. The van der Waals surface area contributed by atoms with Crippen LogP contribution < -0.4 is 0 Å². The summed E-state index contributed by atoms with van der Waals surface area (Å²) in [5, 5.41) is 0.119. The number of esters is 1. The van der Waals surface area contributed by atoms with E-state index in [1.54, 1.807) is 96.3 Å². The summed E-state index contributed by atoms with van der Waals surface area (Å²) in [5.41, 5.74) is 4.80. The molecule has 6 rings (SSSR count). The van der Waals surface area contributed by atoms with Crippen LogP contribution in [-0.4, -0.2) is 85.1 Å². The molecule has 4 saturated carbocycles. The first kappa shape index (κ1) is 57.4. The van der Waals surface area contributed by atoms with E-state index in [1.165, 1.54) is 30.1 Å². The molecule has 5 aliphatic rings. The van der Waals surface area contributed by atoms with Crippen LogP contribution in [0.4, 0.5) is 0 Å². The topological polar surface area (TPSA) is 42.0 Å². The van der Waals surface area contributed by atoms with Gasteiger partial charge in [0.2, 0.25) is 0 Å². The fourth-order valence-electron chi connectivity index (χ4n) is 9.43. The predicted molar refractivity (Wildman–Crippen MR) is 282 cm³/mol. The van der Waals surface area contributed by atoms with E-state index in [-0.39, 0.29) is 25.2 Å². The standard InChI is InChI=1S/C24H38O3Si.C18H33P.C7H6.C5H11N2.2ClH.Ru/c1-9-11-12-14-22(27-28(7,8)24(4,5)6)15-13-16-23(25)26-19(3)17-21-18-20(21)10-2;1-4-10-16(11-5-1)19(17-12-6-2-7-13-17)18-14-8-3-9-15-18;1-7-5-3-2-4-6-7;1-6-3-4-7(2)5-6;;;/h9-12,14,19-22H,2,15,17-18H2,1,3-8H3;16-18H,1-15H2;1-6H;5H,3-4H2,1-2H3;2*1H;/q;;;-1;;;+2/p-1/b11-9+,14-12+;;;;;;/t19-,20+,21+,22?;;;;;;/m1....../s1. The summed E-state index contributed by atoms with van der Waals surface area (Å²) in [6, 6.07) is 9.89. The zero-order valence-corrected chi connectivity index (χ0v) is 46.8. The molecule has 0 aromatic heterocycles. The van der Waals surface area contributed by atoms with Gasteiger partial charge in [-0.1, -0.05) is 76.3 Å². The summed E-state index contributed by atoms with van der Waals surface area (Å²) >= 11 is -1.61. The van der Waals surface area contributed by atoms with Crippen LogP contribution in [0.15, 0.2) is 67.3 Å². The Morgan fingerprint density at radius 2 is 1.42 bits per heavy atom. The maximum atomic E-state index is 12.0. The molecule has 64 heavy (non-hydrogen) atoms. The van der Waals surface area contributed by atoms with E-state index in [4.69, 9.17) is 28.5 Å². The fraction of sp³-hybridized carbons (Fsp3) is 0.685. The van der Waals surface area contributed by atoms with E-state index in [9.17, 15) is 4.79 Å². The second kappa shape index (κ2) is 31.2. The van der Waals surface area contributed by atoms with E-state index >= 15 is 0 Å². The summed E-state index contributed by atoms with van der Waals surface area (Å²) < 4.78 is 13.8.